The summed E-state index contributed by atoms with van der Waals surface area (Å²) in [5.41, 5.74) is -0.433. The Hall–Kier alpha value is -1.63. The first-order chi connectivity index (χ1) is 9.51. The smallest absolute Gasteiger partial charge is 0.257 e. The highest BCUT2D eigenvalue weighted by molar-refractivity contribution is 9.10. The summed E-state index contributed by atoms with van der Waals surface area (Å²) in [7, 11) is 1.51. The molecule has 110 valence electrons. The maximum absolute atomic E-state index is 12.1. The second-order valence-corrected chi connectivity index (χ2v) is 5.18. The van der Waals surface area contributed by atoms with E-state index in [9.17, 15) is 14.4 Å². The molecule has 0 unspecified atom stereocenters. The van der Waals surface area contributed by atoms with Gasteiger partial charge in [0.2, 0.25) is 11.3 Å². The van der Waals surface area contributed by atoms with Gasteiger partial charge in [0.05, 0.1) is 4.47 Å². The van der Waals surface area contributed by atoms with Gasteiger partial charge in [-0.05, 0) is 22.4 Å². The lowest BCUT2D eigenvalue weighted by Crippen LogP contribution is -2.46. The van der Waals surface area contributed by atoms with Gasteiger partial charge in [0, 0.05) is 19.4 Å². The monoisotopic (exact) mass is 343 g/mol. The lowest BCUT2D eigenvalue weighted by molar-refractivity contribution is -0.122. The van der Waals surface area contributed by atoms with Gasteiger partial charge in [-0.2, -0.15) is 0 Å². The summed E-state index contributed by atoms with van der Waals surface area (Å²) in [6.07, 6.45) is 5.04. The molecule has 0 aromatic carbocycles. The molecule has 0 fully saturated rings. The van der Waals surface area contributed by atoms with Gasteiger partial charge in [-0.1, -0.05) is 19.8 Å². The van der Waals surface area contributed by atoms with Crippen LogP contribution in [-0.2, 0) is 4.79 Å². The van der Waals surface area contributed by atoms with E-state index in [1.54, 1.807) is 0 Å². The van der Waals surface area contributed by atoms with Crippen molar-refractivity contribution in [1.82, 2.24) is 15.6 Å². The molecule has 3 N–H and O–H groups in total. The molecule has 1 heterocycles. The zero-order valence-corrected chi connectivity index (χ0v) is 13.0. The normalized spacial score (nSPS) is 11.8. The molecular weight excluding hydrogens is 326 g/mol. The van der Waals surface area contributed by atoms with Crippen molar-refractivity contribution in [3.8, 4) is 0 Å². The van der Waals surface area contributed by atoms with Crippen molar-refractivity contribution in [2.75, 3.05) is 7.05 Å². The number of aromatic nitrogens is 1. The van der Waals surface area contributed by atoms with Crippen LogP contribution in [0, 0.1) is 0 Å². The molecule has 0 saturated heterocycles. The Morgan fingerprint density at radius 3 is 2.70 bits per heavy atom. The number of aromatic amines is 1. The maximum Gasteiger partial charge on any atom is 0.257 e. The van der Waals surface area contributed by atoms with Crippen LogP contribution in [0.1, 0.15) is 36.5 Å². The van der Waals surface area contributed by atoms with E-state index >= 15 is 0 Å². The Kier molecular flexibility index (Phi) is 6.44. The number of pyridine rings is 1. The first kappa shape index (κ1) is 16.4. The van der Waals surface area contributed by atoms with Crippen LogP contribution >= 0.6 is 15.9 Å². The lowest BCUT2D eigenvalue weighted by Gasteiger charge is -2.16. The van der Waals surface area contributed by atoms with E-state index in [-0.39, 0.29) is 15.9 Å². The van der Waals surface area contributed by atoms with Gasteiger partial charge in [0.25, 0.3) is 5.91 Å². The highest BCUT2D eigenvalue weighted by atomic mass is 79.9. The Morgan fingerprint density at radius 1 is 1.40 bits per heavy atom. The van der Waals surface area contributed by atoms with Gasteiger partial charge in [0.1, 0.15) is 11.6 Å². The van der Waals surface area contributed by atoms with E-state index in [2.05, 4.69) is 31.5 Å². The van der Waals surface area contributed by atoms with Crippen LogP contribution in [0.4, 0.5) is 0 Å². The molecule has 0 spiro atoms. The maximum atomic E-state index is 12.1. The number of halogens is 1. The minimum Gasteiger partial charge on any atom is -0.366 e. The summed E-state index contributed by atoms with van der Waals surface area (Å²) in [4.78, 5) is 38.3. The number of nitrogens with one attached hydrogen (secondary N) is 3. The Bertz CT molecular complexity index is 542. The molecule has 0 aliphatic rings. The number of hydrogen-bond acceptors (Lipinski definition) is 3. The second-order valence-electron chi connectivity index (χ2n) is 4.33. The van der Waals surface area contributed by atoms with Crippen LogP contribution in [0.5, 0.6) is 0 Å². The molecule has 20 heavy (non-hydrogen) atoms. The number of rotatable bonds is 6. The molecule has 0 radical (unpaired) electrons. The van der Waals surface area contributed by atoms with E-state index in [1.807, 2.05) is 6.92 Å². The van der Waals surface area contributed by atoms with Crippen molar-refractivity contribution in [3.63, 3.8) is 0 Å². The highest BCUT2D eigenvalue weighted by Crippen LogP contribution is 2.04. The fraction of sp³-hybridized carbons (Fsp3) is 0.462. The van der Waals surface area contributed by atoms with Crippen LogP contribution in [-0.4, -0.2) is 29.9 Å². The average Bonchev–Trinajstić information content (AvgIpc) is 2.45. The number of amides is 2. The van der Waals surface area contributed by atoms with Crippen LogP contribution in [0.3, 0.4) is 0 Å². The second kappa shape index (κ2) is 7.84. The fourth-order valence-electron chi connectivity index (χ4n) is 1.71. The van der Waals surface area contributed by atoms with Gasteiger partial charge < -0.3 is 15.6 Å². The van der Waals surface area contributed by atoms with Crippen molar-refractivity contribution in [1.29, 1.82) is 0 Å². The molecule has 7 heteroatoms. The fourth-order valence-corrected chi connectivity index (χ4v) is 2.06. The quantitative estimate of drug-likeness (QED) is 0.724. The van der Waals surface area contributed by atoms with Crippen molar-refractivity contribution in [2.45, 2.75) is 32.2 Å². The van der Waals surface area contributed by atoms with Crippen LogP contribution in [0.25, 0.3) is 0 Å². The molecule has 1 aromatic heterocycles. The Balaban J connectivity index is 2.87. The molecule has 0 aliphatic carbocycles. The number of unbranched alkanes of at least 4 members (excludes halogenated alkanes) is 1. The van der Waals surface area contributed by atoms with Crippen molar-refractivity contribution in [3.05, 3.63) is 32.7 Å². The Morgan fingerprint density at radius 2 is 2.10 bits per heavy atom. The first-order valence-electron chi connectivity index (χ1n) is 6.40. The Labute approximate surface area is 125 Å². The summed E-state index contributed by atoms with van der Waals surface area (Å²) in [5.74, 6) is -0.824. The predicted molar refractivity (Wildman–Crippen MR) is 79.6 cm³/mol. The SMILES string of the molecule is CCCC[C@@H](NC(=O)c1c[nH]cc(Br)c1=O)C(=O)NC. The topological polar surface area (TPSA) is 91.1 Å². The third-order valence-electron chi connectivity index (χ3n) is 2.86. The van der Waals surface area contributed by atoms with E-state index < -0.39 is 17.4 Å². The summed E-state index contributed by atoms with van der Waals surface area (Å²) in [5, 5.41) is 5.10. The lowest BCUT2D eigenvalue weighted by atomic mass is 10.1. The van der Waals surface area contributed by atoms with E-state index in [1.165, 1.54) is 19.4 Å². The van der Waals surface area contributed by atoms with Crippen molar-refractivity contribution >= 4 is 27.7 Å². The standard InChI is InChI=1S/C13H18BrN3O3/c1-3-4-5-10(13(20)15-2)17-12(19)8-6-16-7-9(14)11(8)18/h6-7,10H,3-5H2,1-2H3,(H,15,20)(H,16,18)(H,17,19)/t10-/m1/s1. The van der Waals surface area contributed by atoms with Crippen LogP contribution in [0.2, 0.25) is 0 Å². The van der Waals surface area contributed by atoms with Crippen LogP contribution < -0.4 is 16.1 Å². The molecule has 2 amide bonds. The summed E-state index contributed by atoms with van der Waals surface area (Å²) in [6, 6.07) is -0.633. The molecular formula is C13H18BrN3O3. The van der Waals surface area contributed by atoms with Gasteiger partial charge in [-0.3, -0.25) is 14.4 Å². The molecule has 1 rings (SSSR count). The van der Waals surface area contributed by atoms with Crippen molar-refractivity contribution in [2.24, 2.45) is 0 Å². The van der Waals surface area contributed by atoms with E-state index in [0.29, 0.717) is 6.42 Å². The average molecular weight is 344 g/mol. The molecule has 0 bridgehead atoms. The summed E-state index contributed by atoms with van der Waals surface area (Å²) in [6.45, 7) is 2.00. The predicted octanol–water partition coefficient (Wildman–Crippen LogP) is 1.17. The third-order valence-corrected chi connectivity index (χ3v) is 3.45. The largest absolute Gasteiger partial charge is 0.366 e. The minimum absolute atomic E-state index is 0.0234. The first-order valence-corrected chi connectivity index (χ1v) is 7.19. The summed E-state index contributed by atoms with van der Waals surface area (Å²) < 4.78 is 0.273. The number of carbonyl (C=O) groups excluding carboxylic acids is 2. The minimum atomic E-state index is -0.633. The highest BCUT2D eigenvalue weighted by Gasteiger charge is 2.21. The van der Waals surface area contributed by atoms with E-state index in [0.717, 1.165) is 12.8 Å². The van der Waals surface area contributed by atoms with Gasteiger partial charge in [0.15, 0.2) is 0 Å². The zero-order valence-electron chi connectivity index (χ0n) is 11.5. The molecule has 1 atom stereocenters. The molecule has 6 nitrogen and oxygen atoms in total. The van der Waals surface area contributed by atoms with Gasteiger partial charge in [-0.25, -0.2) is 0 Å². The van der Waals surface area contributed by atoms with Gasteiger partial charge in [-0.15, -0.1) is 0 Å². The number of hydrogen-bond donors (Lipinski definition) is 3. The molecule has 1 aromatic rings. The van der Waals surface area contributed by atoms with Crippen LogP contribution in [0.15, 0.2) is 21.7 Å². The third kappa shape index (κ3) is 4.19. The van der Waals surface area contributed by atoms with Gasteiger partial charge >= 0.3 is 0 Å². The summed E-state index contributed by atoms with van der Waals surface area (Å²) >= 11 is 3.06. The number of likely N-dealkylation sites (N-methyl/N-ethyl adjacent to an activating group) is 1. The number of carbonyl (C=O) groups is 2. The zero-order chi connectivity index (χ0) is 15.1. The van der Waals surface area contributed by atoms with E-state index in [4.69, 9.17) is 0 Å². The molecule has 0 aliphatic heterocycles. The molecule has 0 saturated carbocycles. The van der Waals surface area contributed by atoms with Crippen molar-refractivity contribution < 1.29 is 9.59 Å². The number of H-pyrrole nitrogens is 1.